The fourth-order valence-electron chi connectivity index (χ4n) is 2.42. The zero-order chi connectivity index (χ0) is 13.8. The molecule has 6 nitrogen and oxygen atoms in total. The van der Waals surface area contributed by atoms with Crippen LogP contribution in [0.4, 0.5) is 5.95 Å². The lowest BCUT2D eigenvalue weighted by Crippen LogP contribution is -2.46. The number of hydrogen-bond acceptors (Lipinski definition) is 5. The smallest absolute Gasteiger partial charge is 0.231 e. The molecular weight excluding hydrogens is 242 g/mol. The summed E-state index contributed by atoms with van der Waals surface area (Å²) in [5.74, 6) is 0.507. The maximum absolute atomic E-state index is 10.9. The summed E-state index contributed by atoms with van der Waals surface area (Å²) in [5, 5.41) is 0. The van der Waals surface area contributed by atoms with Crippen molar-refractivity contribution in [1.82, 2.24) is 14.9 Å². The van der Waals surface area contributed by atoms with Crippen molar-refractivity contribution in [3.63, 3.8) is 0 Å². The molecule has 0 radical (unpaired) electrons. The number of anilines is 1. The van der Waals surface area contributed by atoms with Crippen LogP contribution in [-0.4, -0.2) is 53.5 Å². The SMILES string of the molecule is Cc1cnc(N(C)C2CCN(CC(N)=O)CC2)nc1. The molecule has 1 amide bonds. The molecule has 1 saturated heterocycles. The van der Waals surface area contributed by atoms with Gasteiger partial charge < -0.3 is 10.6 Å². The van der Waals surface area contributed by atoms with Gasteiger partial charge in [-0.1, -0.05) is 0 Å². The first-order valence-electron chi connectivity index (χ1n) is 6.58. The lowest BCUT2D eigenvalue weighted by atomic mass is 10.0. The molecule has 0 aromatic carbocycles. The predicted octanol–water partition coefficient (Wildman–Crippen LogP) is 0.171. The summed E-state index contributed by atoms with van der Waals surface area (Å²) >= 11 is 0. The molecule has 0 atom stereocenters. The van der Waals surface area contributed by atoms with Gasteiger partial charge in [-0.2, -0.15) is 0 Å². The lowest BCUT2D eigenvalue weighted by Gasteiger charge is -2.36. The molecule has 6 heteroatoms. The van der Waals surface area contributed by atoms with E-state index in [2.05, 4.69) is 19.8 Å². The van der Waals surface area contributed by atoms with Crippen LogP contribution in [-0.2, 0) is 4.79 Å². The summed E-state index contributed by atoms with van der Waals surface area (Å²) < 4.78 is 0. The third-order valence-electron chi connectivity index (χ3n) is 3.57. The van der Waals surface area contributed by atoms with E-state index in [1.165, 1.54) is 0 Å². The third kappa shape index (κ3) is 3.64. The monoisotopic (exact) mass is 263 g/mol. The minimum Gasteiger partial charge on any atom is -0.369 e. The number of amides is 1. The zero-order valence-corrected chi connectivity index (χ0v) is 11.5. The van der Waals surface area contributed by atoms with Gasteiger partial charge in [0.25, 0.3) is 0 Å². The molecule has 1 aromatic heterocycles. The summed E-state index contributed by atoms with van der Waals surface area (Å²) in [6, 6.07) is 0.423. The van der Waals surface area contributed by atoms with Crippen molar-refractivity contribution in [1.29, 1.82) is 0 Å². The van der Waals surface area contributed by atoms with Gasteiger partial charge in [0.1, 0.15) is 0 Å². The first kappa shape index (κ1) is 13.7. The molecule has 0 saturated carbocycles. The highest BCUT2D eigenvalue weighted by molar-refractivity contribution is 5.75. The Balaban J connectivity index is 1.90. The van der Waals surface area contributed by atoms with Crippen LogP contribution in [0.5, 0.6) is 0 Å². The molecule has 19 heavy (non-hydrogen) atoms. The fourth-order valence-corrected chi connectivity index (χ4v) is 2.42. The Morgan fingerprint density at radius 3 is 2.53 bits per heavy atom. The lowest BCUT2D eigenvalue weighted by molar-refractivity contribution is -0.119. The van der Waals surface area contributed by atoms with Crippen LogP contribution in [0.3, 0.4) is 0 Å². The van der Waals surface area contributed by atoms with Crippen molar-refractivity contribution >= 4 is 11.9 Å². The van der Waals surface area contributed by atoms with Crippen molar-refractivity contribution in [3.05, 3.63) is 18.0 Å². The van der Waals surface area contributed by atoms with Crippen molar-refractivity contribution in [2.45, 2.75) is 25.8 Å². The Kier molecular flexibility index (Phi) is 4.31. The molecule has 2 rings (SSSR count). The molecule has 0 bridgehead atoms. The average Bonchev–Trinajstić information content (AvgIpc) is 2.39. The van der Waals surface area contributed by atoms with Gasteiger partial charge >= 0.3 is 0 Å². The molecule has 2 heterocycles. The topological polar surface area (TPSA) is 75.3 Å². The number of rotatable bonds is 4. The highest BCUT2D eigenvalue weighted by Gasteiger charge is 2.24. The van der Waals surface area contributed by atoms with Gasteiger partial charge in [-0.3, -0.25) is 9.69 Å². The summed E-state index contributed by atoms with van der Waals surface area (Å²) in [6.07, 6.45) is 5.67. The van der Waals surface area contributed by atoms with Crippen LogP contribution in [0.15, 0.2) is 12.4 Å². The Hall–Kier alpha value is -1.69. The maximum Gasteiger partial charge on any atom is 0.231 e. The van der Waals surface area contributed by atoms with E-state index in [1.54, 1.807) is 0 Å². The quantitative estimate of drug-likeness (QED) is 0.838. The summed E-state index contributed by atoms with van der Waals surface area (Å²) in [7, 11) is 2.03. The summed E-state index contributed by atoms with van der Waals surface area (Å²) in [5.41, 5.74) is 6.28. The van der Waals surface area contributed by atoms with Crippen molar-refractivity contribution in [2.24, 2.45) is 5.73 Å². The Bertz CT molecular complexity index is 425. The number of aromatic nitrogens is 2. The Morgan fingerprint density at radius 2 is 2.00 bits per heavy atom. The first-order valence-corrected chi connectivity index (χ1v) is 6.58. The second-order valence-electron chi connectivity index (χ2n) is 5.14. The number of piperidine rings is 1. The molecule has 1 aromatic rings. The van der Waals surface area contributed by atoms with E-state index in [9.17, 15) is 4.79 Å². The van der Waals surface area contributed by atoms with Crippen molar-refractivity contribution in [3.8, 4) is 0 Å². The largest absolute Gasteiger partial charge is 0.369 e. The van der Waals surface area contributed by atoms with Gasteiger partial charge in [0.05, 0.1) is 6.54 Å². The minimum atomic E-state index is -0.256. The average molecular weight is 263 g/mol. The van der Waals surface area contributed by atoms with E-state index < -0.39 is 0 Å². The van der Waals surface area contributed by atoms with Crippen molar-refractivity contribution in [2.75, 3.05) is 31.6 Å². The van der Waals surface area contributed by atoms with Gasteiger partial charge in [-0.25, -0.2) is 9.97 Å². The van der Waals surface area contributed by atoms with Gasteiger partial charge in [-0.05, 0) is 25.3 Å². The van der Waals surface area contributed by atoms with E-state index in [0.717, 1.165) is 37.4 Å². The molecule has 1 fully saturated rings. The third-order valence-corrected chi connectivity index (χ3v) is 3.57. The standard InChI is InChI=1S/C13H21N5O/c1-10-7-15-13(16-8-10)17(2)11-3-5-18(6-4-11)9-12(14)19/h7-8,11H,3-6,9H2,1-2H3,(H2,14,19). The molecule has 0 spiro atoms. The van der Waals surface area contributed by atoms with Crippen LogP contribution in [0.25, 0.3) is 0 Å². The summed E-state index contributed by atoms with van der Waals surface area (Å²) in [4.78, 5) is 23.8. The maximum atomic E-state index is 10.9. The van der Waals surface area contributed by atoms with E-state index in [1.807, 2.05) is 26.4 Å². The van der Waals surface area contributed by atoms with Crippen LogP contribution in [0.1, 0.15) is 18.4 Å². The number of aryl methyl sites for hydroxylation is 1. The molecule has 1 aliphatic rings. The minimum absolute atomic E-state index is 0.256. The second kappa shape index (κ2) is 5.97. The van der Waals surface area contributed by atoms with E-state index in [0.29, 0.717) is 12.6 Å². The number of nitrogens with zero attached hydrogens (tertiary/aromatic N) is 4. The van der Waals surface area contributed by atoms with E-state index in [4.69, 9.17) is 5.73 Å². The van der Waals surface area contributed by atoms with Crippen molar-refractivity contribution < 1.29 is 4.79 Å². The van der Waals surface area contributed by atoms with Crippen LogP contribution >= 0.6 is 0 Å². The first-order chi connectivity index (χ1) is 9.06. The number of carbonyl (C=O) groups excluding carboxylic acids is 1. The number of carbonyl (C=O) groups is 1. The summed E-state index contributed by atoms with van der Waals surface area (Å²) in [6.45, 7) is 4.12. The number of hydrogen-bond donors (Lipinski definition) is 1. The molecule has 2 N–H and O–H groups in total. The Morgan fingerprint density at radius 1 is 1.42 bits per heavy atom. The fraction of sp³-hybridized carbons (Fsp3) is 0.615. The number of nitrogens with two attached hydrogens (primary N) is 1. The Labute approximate surface area is 113 Å². The molecule has 0 unspecified atom stereocenters. The highest BCUT2D eigenvalue weighted by atomic mass is 16.1. The van der Waals surface area contributed by atoms with Crippen LogP contribution in [0, 0.1) is 6.92 Å². The van der Waals surface area contributed by atoms with Gasteiger partial charge in [0.2, 0.25) is 11.9 Å². The predicted molar refractivity (Wildman–Crippen MR) is 73.8 cm³/mol. The number of primary amides is 1. The van der Waals surface area contributed by atoms with E-state index in [-0.39, 0.29) is 5.91 Å². The van der Waals surface area contributed by atoms with E-state index >= 15 is 0 Å². The van der Waals surface area contributed by atoms with Gasteiger partial charge in [0.15, 0.2) is 0 Å². The normalized spacial score (nSPS) is 17.4. The van der Waals surface area contributed by atoms with Gasteiger partial charge in [-0.15, -0.1) is 0 Å². The van der Waals surface area contributed by atoms with Gasteiger partial charge in [0, 0.05) is 38.6 Å². The highest BCUT2D eigenvalue weighted by Crippen LogP contribution is 2.18. The number of likely N-dealkylation sites (tertiary alicyclic amines) is 1. The molecule has 1 aliphatic heterocycles. The molecule has 104 valence electrons. The second-order valence-corrected chi connectivity index (χ2v) is 5.14. The van der Waals surface area contributed by atoms with Crippen LogP contribution in [0.2, 0.25) is 0 Å². The molecular formula is C13H21N5O. The molecule has 0 aliphatic carbocycles. The van der Waals surface area contributed by atoms with Crippen LogP contribution < -0.4 is 10.6 Å². The zero-order valence-electron chi connectivity index (χ0n) is 11.5.